The number of nitrogens with zero attached hydrogens (tertiary/aromatic N) is 2. The molecule has 2 aromatic heterocycles. The zero-order valence-corrected chi connectivity index (χ0v) is 21.6. The van der Waals surface area contributed by atoms with E-state index < -0.39 is 15.8 Å². The highest BCUT2D eigenvalue weighted by Crippen LogP contribution is 2.38. The summed E-state index contributed by atoms with van der Waals surface area (Å²) in [7, 11) is -3.34. The summed E-state index contributed by atoms with van der Waals surface area (Å²) in [6.07, 6.45) is 3.41. The van der Waals surface area contributed by atoms with E-state index in [1.165, 1.54) is 28.7 Å². The molecule has 1 atom stereocenters. The second-order valence-electron chi connectivity index (χ2n) is 8.14. The Labute approximate surface area is 214 Å². The normalized spacial score (nSPS) is 15.5. The molecule has 0 saturated carbocycles. The number of carbonyl (C=O) groups excluding carboxylic acids is 2. The van der Waals surface area contributed by atoms with E-state index in [4.69, 9.17) is 11.6 Å². The summed E-state index contributed by atoms with van der Waals surface area (Å²) in [6, 6.07) is 11.3. The van der Waals surface area contributed by atoms with E-state index in [0.717, 1.165) is 24.0 Å². The van der Waals surface area contributed by atoms with Gasteiger partial charge in [0.1, 0.15) is 0 Å². The Morgan fingerprint density at radius 1 is 1.03 bits per heavy atom. The van der Waals surface area contributed by atoms with Gasteiger partial charge in [-0.25, -0.2) is 18.4 Å². The third kappa shape index (κ3) is 5.08. The maximum Gasteiger partial charge on any atom is 0.257 e. The summed E-state index contributed by atoms with van der Waals surface area (Å²) in [5, 5.41) is 7.07. The summed E-state index contributed by atoms with van der Waals surface area (Å²) < 4.78 is 24.3. The Bertz CT molecular complexity index is 1560. The van der Waals surface area contributed by atoms with Gasteiger partial charge < -0.3 is 5.32 Å². The number of anilines is 2. The van der Waals surface area contributed by atoms with Crippen molar-refractivity contribution in [2.75, 3.05) is 16.9 Å². The molecule has 0 spiro atoms. The predicted molar refractivity (Wildman–Crippen MR) is 139 cm³/mol. The van der Waals surface area contributed by atoms with Gasteiger partial charge in [-0.1, -0.05) is 22.9 Å². The van der Waals surface area contributed by atoms with Crippen molar-refractivity contribution in [2.24, 2.45) is 0 Å². The van der Waals surface area contributed by atoms with Gasteiger partial charge in [-0.3, -0.25) is 14.9 Å². The first-order chi connectivity index (χ1) is 16.7. The topological polar surface area (TPSA) is 118 Å². The Hall–Kier alpha value is -2.86. The number of sulfone groups is 1. The average Bonchev–Trinajstić information content (AvgIpc) is 3.40. The maximum atomic E-state index is 13.1. The Balaban J connectivity index is 1.33. The third-order valence-electron chi connectivity index (χ3n) is 5.62. The number of hydrogen-bond donors (Lipinski definition) is 2. The minimum absolute atomic E-state index is 0.207. The monoisotopic (exact) mass is 546 g/mol. The molecule has 0 aliphatic heterocycles. The minimum atomic E-state index is -3.34. The molecular weight excluding hydrogens is 528 g/mol. The summed E-state index contributed by atoms with van der Waals surface area (Å²) >= 11 is 8.49. The van der Waals surface area contributed by atoms with E-state index in [9.17, 15) is 18.0 Å². The number of amides is 2. The molecule has 4 aromatic rings. The number of carbonyl (C=O) groups is 2. The van der Waals surface area contributed by atoms with Crippen molar-refractivity contribution < 1.29 is 18.0 Å². The van der Waals surface area contributed by atoms with Crippen LogP contribution in [0.2, 0.25) is 5.02 Å². The molecule has 35 heavy (non-hydrogen) atoms. The van der Waals surface area contributed by atoms with Gasteiger partial charge in [0, 0.05) is 21.7 Å². The summed E-state index contributed by atoms with van der Waals surface area (Å²) in [5.41, 5.74) is 1.75. The molecule has 1 aliphatic carbocycles. The van der Waals surface area contributed by atoms with Crippen LogP contribution in [-0.4, -0.2) is 36.5 Å². The highest BCUT2D eigenvalue weighted by atomic mass is 35.5. The molecular formula is C23H19ClN4O4S3. The van der Waals surface area contributed by atoms with Crippen molar-refractivity contribution >= 4 is 76.4 Å². The second-order valence-corrected chi connectivity index (χ2v) is 12.7. The van der Waals surface area contributed by atoms with Crippen LogP contribution in [0.15, 0.2) is 47.4 Å². The lowest BCUT2D eigenvalue weighted by Gasteiger charge is -2.19. The molecule has 2 amide bonds. The average molecular weight is 547 g/mol. The fraction of sp³-hybridized carbons (Fsp3) is 0.217. The van der Waals surface area contributed by atoms with Gasteiger partial charge in [0.05, 0.1) is 26.7 Å². The second kappa shape index (κ2) is 9.30. The number of nitrogens with one attached hydrogen (secondary N) is 2. The highest BCUT2D eigenvalue weighted by Gasteiger charge is 2.31. The summed E-state index contributed by atoms with van der Waals surface area (Å²) in [6.45, 7) is 0. The van der Waals surface area contributed by atoms with Gasteiger partial charge in [0.25, 0.3) is 5.91 Å². The quantitative estimate of drug-likeness (QED) is 0.358. The standard InChI is InChI=1S/C23H19ClN4O4S3/c1-35(31,32)14-9-10-16-18(11-14)34-22(25-16)28-21(30)15-3-2-4-17-19(15)26-23(33-17)27-20(29)12-5-7-13(24)8-6-12/h5-11,15H,2-4H2,1H3,(H,25,28,30)(H,26,27,29). The van der Waals surface area contributed by atoms with Crippen molar-refractivity contribution in [3.05, 3.63) is 63.6 Å². The van der Waals surface area contributed by atoms with Crippen LogP contribution in [0.5, 0.6) is 0 Å². The first kappa shape index (κ1) is 23.9. The number of halogens is 1. The molecule has 0 saturated heterocycles. The van der Waals surface area contributed by atoms with E-state index in [-0.39, 0.29) is 16.7 Å². The van der Waals surface area contributed by atoms with E-state index >= 15 is 0 Å². The molecule has 2 heterocycles. The number of aryl methyl sites for hydroxylation is 1. The molecule has 2 aromatic carbocycles. The molecule has 5 rings (SSSR count). The number of aromatic nitrogens is 2. The van der Waals surface area contributed by atoms with Crippen molar-refractivity contribution in [2.45, 2.75) is 30.1 Å². The van der Waals surface area contributed by atoms with Crippen molar-refractivity contribution in [3.63, 3.8) is 0 Å². The number of rotatable bonds is 5. The fourth-order valence-corrected chi connectivity index (χ4v) is 6.70. The van der Waals surface area contributed by atoms with Crippen molar-refractivity contribution in [1.29, 1.82) is 0 Å². The molecule has 0 fully saturated rings. The van der Waals surface area contributed by atoms with Crippen molar-refractivity contribution in [3.8, 4) is 0 Å². The van der Waals surface area contributed by atoms with E-state index in [1.54, 1.807) is 36.4 Å². The Kier molecular flexibility index (Phi) is 6.34. The van der Waals surface area contributed by atoms with Gasteiger partial charge in [-0.15, -0.1) is 11.3 Å². The van der Waals surface area contributed by atoms with Gasteiger partial charge in [-0.2, -0.15) is 0 Å². The molecule has 1 aliphatic rings. The van der Waals surface area contributed by atoms with Crippen molar-refractivity contribution in [1.82, 2.24) is 9.97 Å². The molecule has 12 heteroatoms. The van der Waals surface area contributed by atoms with Crippen LogP contribution in [-0.2, 0) is 21.1 Å². The molecule has 8 nitrogen and oxygen atoms in total. The maximum absolute atomic E-state index is 13.1. The number of benzene rings is 2. The first-order valence-electron chi connectivity index (χ1n) is 10.7. The fourth-order valence-electron chi connectivity index (χ4n) is 3.88. The predicted octanol–water partition coefficient (Wildman–Crippen LogP) is 5.12. The van der Waals surface area contributed by atoms with Gasteiger partial charge in [0.2, 0.25) is 5.91 Å². The molecule has 0 bridgehead atoms. The lowest BCUT2D eigenvalue weighted by molar-refractivity contribution is -0.117. The smallest absolute Gasteiger partial charge is 0.257 e. The lowest BCUT2D eigenvalue weighted by Crippen LogP contribution is -2.24. The summed E-state index contributed by atoms with van der Waals surface area (Å²) in [4.78, 5) is 35.9. The minimum Gasteiger partial charge on any atom is -0.301 e. The zero-order valence-electron chi connectivity index (χ0n) is 18.4. The SMILES string of the molecule is CS(=O)(=O)c1ccc2nc(NC(=O)C3CCCc4sc(NC(=O)c5ccc(Cl)cc5)nc43)sc2c1. The number of hydrogen-bond acceptors (Lipinski definition) is 8. The van der Waals surface area contributed by atoms with Gasteiger partial charge in [-0.05, 0) is 61.7 Å². The molecule has 2 N–H and O–H groups in total. The van der Waals surface area contributed by atoms with Crippen LogP contribution >= 0.6 is 34.3 Å². The van der Waals surface area contributed by atoms with Crippen LogP contribution < -0.4 is 10.6 Å². The van der Waals surface area contributed by atoms with Gasteiger partial charge >= 0.3 is 0 Å². The molecule has 180 valence electrons. The van der Waals surface area contributed by atoms with Crippen LogP contribution in [0.1, 0.15) is 39.7 Å². The lowest BCUT2D eigenvalue weighted by atomic mass is 9.90. The van der Waals surface area contributed by atoms with E-state index in [1.807, 2.05) is 0 Å². The van der Waals surface area contributed by atoms with E-state index in [0.29, 0.717) is 43.2 Å². The summed E-state index contributed by atoms with van der Waals surface area (Å²) in [5.74, 6) is -0.985. The Morgan fingerprint density at radius 2 is 1.77 bits per heavy atom. The van der Waals surface area contributed by atoms with Gasteiger partial charge in [0.15, 0.2) is 20.1 Å². The van der Waals surface area contributed by atoms with E-state index in [2.05, 4.69) is 20.6 Å². The first-order valence-corrected chi connectivity index (χ1v) is 14.6. The van der Waals surface area contributed by atoms with Crippen LogP contribution in [0.4, 0.5) is 10.3 Å². The number of fused-ring (bicyclic) bond motifs is 2. The Morgan fingerprint density at radius 3 is 2.51 bits per heavy atom. The largest absolute Gasteiger partial charge is 0.301 e. The molecule has 0 radical (unpaired) electrons. The van der Waals surface area contributed by atoms with Crippen LogP contribution in [0.25, 0.3) is 10.2 Å². The third-order valence-corrected chi connectivity index (χ3v) is 8.96. The highest BCUT2D eigenvalue weighted by molar-refractivity contribution is 7.90. The van der Waals surface area contributed by atoms with Crippen LogP contribution in [0, 0.1) is 0 Å². The van der Waals surface area contributed by atoms with Crippen LogP contribution in [0.3, 0.4) is 0 Å². The number of thiazole rings is 2. The zero-order chi connectivity index (χ0) is 24.7. The molecule has 1 unspecified atom stereocenters.